The number of carbonyl (C=O) groups is 2. The van der Waals surface area contributed by atoms with Gasteiger partial charge in [0.05, 0.1) is 6.26 Å². The first-order valence-electron chi connectivity index (χ1n) is 6.80. The van der Waals surface area contributed by atoms with Gasteiger partial charge in [-0.3, -0.25) is 18.7 Å². The predicted octanol–water partition coefficient (Wildman–Crippen LogP) is -0.302. The number of ether oxygens (including phenoxy) is 1. The molecule has 2 aromatic heterocycles. The van der Waals surface area contributed by atoms with E-state index in [1.165, 1.54) is 26.4 Å². The van der Waals surface area contributed by atoms with Gasteiger partial charge in [-0.15, -0.1) is 0 Å². The van der Waals surface area contributed by atoms with Crippen molar-refractivity contribution in [3.05, 3.63) is 56.6 Å². The first-order valence-corrected chi connectivity index (χ1v) is 6.80. The number of nitrogen functional groups attached to an aromatic ring is 1. The molecule has 0 aromatic carbocycles. The van der Waals surface area contributed by atoms with Crippen LogP contribution in [-0.2, 0) is 23.6 Å². The topological polar surface area (TPSA) is 127 Å². The van der Waals surface area contributed by atoms with Crippen molar-refractivity contribution in [1.82, 2.24) is 9.13 Å². The molecule has 0 aliphatic carbocycles. The molecule has 0 aliphatic heterocycles. The van der Waals surface area contributed by atoms with Crippen molar-refractivity contribution < 1.29 is 18.7 Å². The normalized spacial score (nSPS) is 10.9. The first kappa shape index (κ1) is 17.0. The van der Waals surface area contributed by atoms with Crippen LogP contribution in [0.3, 0.4) is 0 Å². The summed E-state index contributed by atoms with van der Waals surface area (Å²) in [5.74, 6) is -1.44. The van der Waals surface area contributed by atoms with E-state index < -0.39 is 35.2 Å². The molecule has 0 atom stereocenters. The Morgan fingerprint density at radius 2 is 2.00 bits per heavy atom. The zero-order valence-corrected chi connectivity index (χ0v) is 13.0. The third-order valence-corrected chi connectivity index (χ3v) is 3.26. The average molecular weight is 333 g/mol. The summed E-state index contributed by atoms with van der Waals surface area (Å²) in [4.78, 5) is 47.4. The standard InChI is InChI=1S/C15H15N3O6/c1-17-13(16)12(14(21)18(2)15(17)22)10(19)8-24-11(20)6-5-9-4-3-7-23-9/h3-7H,8,16H2,1-2H3/b6-5+. The lowest BCUT2D eigenvalue weighted by molar-refractivity contribution is -0.136. The van der Waals surface area contributed by atoms with Gasteiger partial charge in [0.15, 0.2) is 6.61 Å². The number of esters is 1. The number of nitrogens with two attached hydrogens (primary N) is 1. The highest BCUT2D eigenvalue weighted by Crippen LogP contribution is 2.05. The van der Waals surface area contributed by atoms with E-state index >= 15 is 0 Å². The number of hydrogen-bond donors (Lipinski definition) is 1. The molecular weight excluding hydrogens is 318 g/mol. The van der Waals surface area contributed by atoms with Crippen LogP contribution in [0, 0.1) is 0 Å². The molecule has 24 heavy (non-hydrogen) atoms. The van der Waals surface area contributed by atoms with Gasteiger partial charge in [-0.1, -0.05) is 0 Å². The van der Waals surface area contributed by atoms with Crippen LogP contribution in [0.2, 0.25) is 0 Å². The molecule has 0 saturated heterocycles. The Bertz CT molecular complexity index is 918. The lowest BCUT2D eigenvalue weighted by Crippen LogP contribution is -2.42. The summed E-state index contributed by atoms with van der Waals surface area (Å²) < 4.78 is 11.5. The molecule has 2 heterocycles. The Balaban J connectivity index is 2.12. The maximum atomic E-state index is 12.1. The zero-order chi connectivity index (χ0) is 17.9. The van der Waals surface area contributed by atoms with E-state index in [-0.39, 0.29) is 5.82 Å². The lowest BCUT2D eigenvalue weighted by atomic mass is 10.2. The summed E-state index contributed by atoms with van der Waals surface area (Å²) in [5.41, 5.74) is 3.74. The summed E-state index contributed by atoms with van der Waals surface area (Å²) in [6.07, 6.45) is 3.88. The van der Waals surface area contributed by atoms with Crippen LogP contribution in [0.15, 0.2) is 38.5 Å². The van der Waals surface area contributed by atoms with E-state index in [4.69, 9.17) is 14.9 Å². The van der Waals surface area contributed by atoms with Gasteiger partial charge in [-0.25, -0.2) is 9.59 Å². The van der Waals surface area contributed by atoms with Gasteiger partial charge < -0.3 is 14.9 Å². The highest BCUT2D eigenvalue weighted by Gasteiger charge is 2.21. The fraction of sp³-hybridized carbons (Fsp3) is 0.200. The third kappa shape index (κ3) is 3.35. The molecule has 2 rings (SSSR count). The summed E-state index contributed by atoms with van der Waals surface area (Å²) >= 11 is 0. The fourth-order valence-electron chi connectivity index (χ4n) is 1.92. The van der Waals surface area contributed by atoms with Gasteiger partial charge in [-0.2, -0.15) is 0 Å². The third-order valence-electron chi connectivity index (χ3n) is 3.26. The van der Waals surface area contributed by atoms with Crippen LogP contribution in [0.5, 0.6) is 0 Å². The summed E-state index contributed by atoms with van der Waals surface area (Å²) in [7, 11) is 2.55. The molecule has 0 fully saturated rings. The second kappa shape index (κ2) is 6.82. The number of rotatable bonds is 5. The van der Waals surface area contributed by atoms with E-state index in [9.17, 15) is 19.2 Å². The van der Waals surface area contributed by atoms with E-state index in [1.54, 1.807) is 12.1 Å². The minimum absolute atomic E-state index is 0.282. The summed E-state index contributed by atoms with van der Waals surface area (Å²) in [6.45, 7) is -0.682. The van der Waals surface area contributed by atoms with Gasteiger partial charge in [0.1, 0.15) is 17.1 Å². The van der Waals surface area contributed by atoms with Crippen molar-refractivity contribution in [1.29, 1.82) is 0 Å². The quantitative estimate of drug-likeness (QED) is 0.452. The van der Waals surface area contributed by atoms with Crippen LogP contribution in [0.25, 0.3) is 6.08 Å². The van der Waals surface area contributed by atoms with Gasteiger partial charge >= 0.3 is 11.7 Å². The Kier molecular flexibility index (Phi) is 4.83. The molecule has 9 nitrogen and oxygen atoms in total. The van der Waals surface area contributed by atoms with Crippen LogP contribution in [0.4, 0.5) is 5.82 Å². The number of nitrogens with zero attached hydrogens (tertiary/aromatic N) is 2. The van der Waals surface area contributed by atoms with Crippen molar-refractivity contribution in [2.75, 3.05) is 12.3 Å². The number of hydrogen-bond acceptors (Lipinski definition) is 7. The highest BCUT2D eigenvalue weighted by atomic mass is 16.5. The largest absolute Gasteiger partial charge is 0.465 e. The fourth-order valence-corrected chi connectivity index (χ4v) is 1.92. The van der Waals surface area contributed by atoms with E-state index in [1.807, 2.05) is 0 Å². The van der Waals surface area contributed by atoms with Crippen molar-refractivity contribution in [3.8, 4) is 0 Å². The second-order valence-electron chi connectivity index (χ2n) is 4.85. The minimum Gasteiger partial charge on any atom is -0.465 e. The molecule has 0 aliphatic rings. The smallest absolute Gasteiger partial charge is 0.332 e. The van der Waals surface area contributed by atoms with E-state index in [0.29, 0.717) is 5.76 Å². The molecule has 2 aromatic rings. The SMILES string of the molecule is Cn1c(N)c(C(=O)COC(=O)/C=C/c2ccco2)c(=O)n(C)c1=O. The molecular formula is C15H15N3O6. The predicted molar refractivity (Wildman–Crippen MR) is 84.4 cm³/mol. The van der Waals surface area contributed by atoms with Gasteiger partial charge in [0, 0.05) is 20.2 Å². The van der Waals surface area contributed by atoms with Crippen molar-refractivity contribution >= 4 is 23.6 Å². The van der Waals surface area contributed by atoms with Crippen LogP contribution in [-0.4, -0.2) is 27.5 Å². The Labute approximate surface area is 135 Å². The van der Waals surface area contributed by atoms with Crippen LogP contribution >= 0.6 is 0 Å². The number of carbonyl (C=O) groups excluding carboxylic acids is 2. The Hall–Kier alpha value is -3.36. The number of furan rings is 1. The van der Waals surface area contributed by atoms with Gasteiger partial charge in [-0.05, 0) is 18.2 Å². The Morgan fingerprint density at radius 1 is 1.29 bits per heavy atom. The summed E-state index contributed by atoms with van der Waals surface area (Å²) in [6, 6.07) is 3.27. The molecule has 0 radical (unpaired) electrons. The molecule has 2 N–H and O–H groups in total. The molecule has 0 amide bonds. The van der Waals surface area contributed by atoms with Crippen molar-refractivity contribution in [2.45, 2.75) is 0 Å². The van der Waals surface area contributed by atoms with Gasteiger partial charge in [0.2, 0.25) is 5.78 Å². The number of ketones is 1. The average Bonchev–Trinajstić information content (AvgIpc) is 3.08. The summed E-state index contributed by atoms with van der Waals surface area (Å²) in [5, 5.41) is 0. The first-order chi connectivity index (χ1) is 11.3. The van der Waals surface area contributed by atoms with Crippen LogP contribution < -0.4 is 17.0 Å². The minimum atomic E-state index is -0.845. The van der Waals surface area contributed by atoms with E-state index in [0.717, 1.165) is 15.2 Å². The lowest BCUT2D eigenvalue weighted by Gasteiger charge is -2.10. The van der Waals surface area contributed by atoms with Crippen molar-refractivity contribution in [2.24, 2.45) is 14.1 Å². The highest BCUT2D eigenvalue weighted by molar-refractivity contribution is 6.01. The monoisotopic (exact) mass is 333 g/mol. The van der Waals surface area contributed by atoms with Gasteiger partial charge in [0.25, 0.3) is 5.56 Å². The molecule has 0 saturated carbocycles. The van der Waals surface area contributed by atoms with Crippen LogP contribution in [0.1, 0.15) is 16.1 Å². The molecule has 9 heteroatoms. The molecule has 126 valence electrons. The van der Waals surface area contributed by atoms with Crippen molar-refractivity contribution in [3.63, 3.8) is 0 Å². The number of anilines is 1. The number of Topliss-reactive ketones (excluding diaryl/α,β-unsaturated/α-hetero) is 1. The molecule has 0 unspecified atom stereocenters. The maximum absolute atomic E-state index is 12.1. The Morgan fingerprint density at radius 3 is 2.62 bits per heavy atom. The number of aromatic nitrogens is 2. The molecule has 0 bridgehead atoms. The zero-order valence-electron chi connectivity index (χ0n) is 13.0. The maximum Gasteiger partial charge on any atom is 0.332 e. The molecule has 0 spiro atoms. The second-order valence-corrected chi connectivity index (χ2v) is 4.85. The van der Waals surface area contributed by atoms with E-state index in [2.05, 4.69) is 0 Å².